The molecule has 10 nitrogen and oxygen atoms in total. The van der Waals surface area contributed by atoms with Crippen molar-refractivity contribution in [2.24, 2.45) is 5.92 Å². The first-order valence-corrected chi connectivity index (χ1v) is 8.33. The smallest absolute Gasteiger partial charge is 0.460 e. The number of carbonyl (C=O) groups is 3. The molecule has 2 aromatic carbocycles. The Hall–Kier alpha value is -3.95. The van der Waals surface area contributed by atoms with Crippen LogP contribution in [0, 0.1) is 16.0 Å². The monoisotopic (exact) mass is 403 g/mol. The van der Waals surface area contributed by atoms with Gasteiger partial charge in [-0.2, -0.15) is 0 Å². The maximum Gasteiger partial charge on any atom is 0.516 e. The van der Waals surface area contributed by atoms with E-state index in [0.717, 1.165) is 17.7 Å². The van der Waals surface area contributed by atoms with Crippen molar-refractivity contribution < 1.29 is 38.3 Å². The number of nitro benzene ring substituents is 1. The molecule has 0 heterocycles. The average Bonchev–Trinajstić information content (AvgIpc) is 2.72. The molecule has 1 atom stereocenters. The molecule has 1 unspecified atom stereocenters. The van der Waals surface area contributed by atoms with Gasteiger partial charge in [0.15, 0.2) is 5.92 Å². The molecule has 0 aliphatic heterocycles. The maximum atomic E-state index is 11.9. The topological polar surface area (TPSA) is 131 Å². The van der Waals surface area contributed by atoms with Gasteiger partial charge in [0.1, 0.15) is 12.4 Å². The van der Waals surface area contributed by atoms with Crippen molar-refractivity contribution in [1.29, 1.82) is 0 Å². The van der Waals surface area contributed by atoms with Gasteiger partial charge in [0.25, 0.3) is 5.69 Å². The van der Waals surface area contributed by atoms with Crippen molar-refractivity contribution in [2.45, 2.75) is 13.5 Å². The van der Waals surface area contributed by atoms with Gasteiger partial charge >= 0.3 is 18.1 Å². The first-order valence-electron chi connectivity index (χ1n) is 8.33. The summed E-state index contributed by atoms with van der Waals surface area (Å²) in [5.41, 5.74) is 0.589. The third-order valence-electron chi connectivity index (χ3n) is 3.56. The molecule has 0 saturated carbocycles. The highest BCUT2D eigenvalue weighted by Crippen LogP contribution is 2.17. The number of hydrogen-bond donors (Lipinski definition) is 0. The van der Waals surface area contributed by atoms with Crippen LogP contribution in [0.3, 0.4) is 0 Å². The Kier molecular flexibility index (Phi) is 7.66. The Bertz CT molecular complexity index is 865. The molecule has 0 aliphatic rings. The van der Waals surface area contributed by atoms with Crippen LogP contribution < -0.4 is 4.74 Å². The van der Waals surface area contributed by atoms with E-state index in [4.69, 9.17) is 9.47 Å². The number of nitro groups is 1. The van der Waals surface area contributed by atoms with E-state index in [9.17, 15) is 24.5 Å². The zero-order valence-electron chi connectivity index (χ0n) is 15.3. The van der Waals surface area contributed by atoms with Crippen LogP contribution in [-0.4, -0.2) is 29.8 Å². The van der Waals surface area contributed by atoms with E-state index in [0.29, 0.717) is 0 Å². The zero-order chi connectivity index (χ0) is 21.2. The summed E-state index contributed by atoms with van der Waals surface area (Å²) in [4.78, 5) is 45.1. The minimum atomic E-state index is -1.21. The Balaban J connectivity index is 1.70. The fourth-order valence-corrected chi connectivity index (χ4v) is 1.97. The molecule has 152 valence electrons. The fraction of sp³-hybridized carbons (Fsp3) is 0.211. The molecule has 29 heavy (non-hydrogen) atoms. The number of hydrogen-bond acceptors (Lipinski definition) is 9. The van der Waals surface area contributed by atoms with Crippen LogP contribution >= 0.6 is 0 Å². The van der Waals surface area contributed by atoms with Crippen molar-refractivity contribution in [3.05, 3.63) is 70.3 Å². The van der Waals surface area contributed by atoms with Gasteiger partial charge in [-0.25, -0.2) is 4.79 Å². The Labute approximate surface area is 165 Å². The minimum Gasteiger partial charge on any atom is -0.460 e. The van der Waals surface area contributed by atoms with E-state index >= 15 is 0 Å². The molecule has 10 heteroatoms. The second kappa shape index (κ2) is 10.4. The predicted molar refractivity (Wildman–Crippen MR) is 96.6 cm³/mol. The highest BCUT2D eigenvalue weighted by molar-refractivity contribution is 5.94. The van der Waals surface area contributed by atoms with Gasteiger partial charge in [-0.3, -0.25) is 19.7 Å². The molecule has 0 bridgehead atoms. The molecular weight excluding hydrogens is 386 g/mol. The molecule has 0 amide bonds. The Morgan fingerprint density at radius 1 is 0.931 bits per heavy atom. The minimum absolute atomic E-state index is 0.00443. The van der Waals surface area contributed by atoms with Crippen molar-refractivity contribution in [2.75, 3.05) is 6.79 Å². The molecular formula is C19H17NO9. The van der Waals surface area contributed by atoms with Crippen molar-refractivity contribution >= 4 is 23.8 Å². The first-order chi connectivity index (χ1) is 13.9. The average molecular weight is 403 g/mol. The number of ether oxygens (including phenoxy) is 4. The Morgan fingerprint density at radius 3 is 2.17 bits per heavy atom. The van der Waals surface area contributed by atoms with Crippen LogP contribution in [0.2, 0.25) is 0 Å². The summed E-state index contributed by atoms with van der Waals surface area (Å²) in [6, 6.07) is 13.6. The summed E-state index contributed by atoms with van der Waals surface area (Å²) < 4.78 is 19.0. The van der Waals surface area contributed by atoms with E-state index in [1.807, 2.05) is 6.07 Å². The second-order valence-electron chi connectivity index (χ2n) is 5.64. The van der Waals surface area contributed by atoms with Crippen molar-refractivity contribution in [3.8, 4) is 5.75 Å². The molecule has 0 N–H and O–H groups in total. The van der Waals surface area contributed by atoms with Crippen molar-refractivity contribution in [3.63, 3.8) is 0 Å². The summed E-state index contributed by atoms with van der Waals surface area (Å²) in [7, 11) is 0. The van der Waals surface area contributed by atoms with Gasteiger partial charge < -0.3 is 18.9 Å². The first kappa shape index (κ1) is 21.4. The van der Waals surface area contributed by atoms with E-state index in [1.165, 1.54) is 19.1 Å². The highest BCUT2D eigenvalue weighted by atomic mass is 16.8. The number of esters is 2. The Morgan fingerprint density at radius 2 is 1.55 bits per heavy atom. The van der Waals surface area contributed by atoms with Gasteiger partial charge in [-0.15, -0.1) is 0 Å². The van der Waals surface area contributed by atoms with E-state index in [1.54, 1.807) is 24.3 Å². The van der Waals surface area contributed by atoms with Gasteiger partial charge in [0, 0.05) is 12.1 Å². The van der Waals surface area contributed by atoms with E-state index in [-0.39, 0.29) is 18.0 Å². The molecule has 0 saturated heterocycles. The van der Waals surface area contributed by atoms with Crippen LogP contribution in [-0.2, 0) is 30.4 Å². The third-order valence-corrected chi connectivity index (χ3v) is 3.56. The summed E-state index contributed by atoms with van der Waals surface area (Å²) in [6.45, 7) is 0.529. The summed E-state index contributed by atoms with van der Waals surface area (Å²) in [5, 5.41) is 10.5. The van der Waals surface area contributed by atoms with E-state index in [2.05, 4.69) is 9.47 Å². The number of non-ortho nitro benzene ring substituents is 1. The molecule has 0 radical (unpaired) electrons. The quantitative estimate of drug-likeness (QED) is 0.163. The summed E-state index contributed by atoms with van der Waals surface area (Å²) in [6.07, 6.45) is -1.19. The number of nitrogens with zero attached hydrogens (tertiary/aromatic N) is 1. The standard InChI is InChI=1S/C19H17NO9/c1-13(17(21)26-11-14-5-3-2-4-6-14)18(22)27-12-28-19(23)29-16-9-7-15(8-10-16)20(24)25/h2-10,13H,11-12H2,1H3. The van der Waals surface area contributed by atoms with Gasteiger partial charge in [0.2, 0.25) is 6.79 Å². The van der Waals surface area contributed by atoms with E-state index < -0.39 is 35.7 Å². The number of carbonyl (C=O) groups excluding carboxylic acids is 3. The molecule has 2 rings (SSSR count). The lowest BCUT2D eigenvalue weighted by molar-refractivity contribution is -0.384. The maximum absolute atomic E-state index is 11.9. The van der Waals surface area contributed by atoms with Gasteiger partial charge in [-0.05, 0) is 24.6 Å². The number of benzene rings is 2. The van der Waals surface area contributed by atoms with Crippen LogP contribution in [0.1, 0.15) is 12.5 Å². The zero-order valence-corrected chi connectivity index (χ0v) is 15.3. The van der Waals surface area contributed by atoms with Crippen LogP contribution in [0.5, 0.6) is 5.75 Å². The molecule has 0 fully saturated rings. The molecule has 0 aliphatic carbocycles. The second-order valence-corrected chi connectivity index (χ2v) is 5.64. The SMILES string of the molecule is CC(C(=O)OCOC(=O)Oc1ccc([N+](=O)[O-])cc1)C(=O)OCc1ccccc1. The molecule has 0 aromatic heterocycles. The third kappa shape index (κ3) is 6.94. The number of rotatable bonds is 8. The molecule has 0 spiro atoms. The van der Waals surface area contributed by atoms with Gasteiger partial charge in [-0.1, -0.05) is 30.3 Å². The lowest BCUT2D eigenvalue weighted by Gasteiger charge is -2.11. The highest BCUT2D eigenvalue weighted by Gasteiger charge is 2.25. The molecule has 2 aromatic rings. The van der Waals surface area contributed by atoms with Crippen LogP contribution in [0.15, 0.2) is 54.6 Å². The lowest BCUT2D eigenvalue weighted by Crippen LogP contribution is -2.26. The van der Waals surface area contributed by atoms with Crippen LogP contribution in [0.25, 0.3) is 0 Å². The lowest BCUT2D eigenvalue weighted by atomic mass is 10.2. The normalized spacial score (nSPS) is 11.1. The van der Waals surface area contributed by atoms with Crippen molar-refractivity contribution in [1.82, 2.24) is 0 Å². The summed E-state index contributed by atoms with van der Waals surface area (Å²) in [5.74, 6) is -2.93. The van der Waals surface area contributed by atoms with Crippen LogP contribution in [0.4, 0.5) is 10.5 Å². The largest absolute Gasteiger partial charge is 0.516 e. The van der Waals surface area contributed by atoms with Gasteiger partial charge in [0.05, 0.1) is 4.92 Å². The predicted octanol–water partition coefficient (Wildman–Crippen LogP) is 2.99. The summed E-state index contributed by atoms with van der Waals surface area (Å²) >= 11 is 0. The fourth-order valence-electron chi connectivity index (χ4n) is 1.97.